The highest BCUT2D eigenvalue weighted by Gasteiger charge is 2.44. The summed E-state index contributed by atoms with van der Waals surface area (Å²) >= 11 is 0. The molecule has 3 fully saturated rings. The van der Waals surface area contributed by atoms with Gasteiger partial charge >= 0.3 is 6.18 Å². The van der Waals surface area contributed by atoms with Crippen LogP contribution in [0.4, 0.5) is 24.8 Å². The van der Waals surface area contributed by atoms with Gasteiger partial charge in [-0.25, -0.2) is 19.6 Å². The third kappa shape index (κ3) is 3.24. The smallest absolute Gasteiger partial charge is 0.377 e. The predicted molar refractivity (Wildman–Crippen MR) is 108 cm³/mol. The number of nitrogens with zero attached hydrogens (tertiary/aromatic N) is 8. The molecule has 32 heavy (non-hydrogen) atoms. The van der Waals surface area contributed by atoms with Gasteiger partial charge in [-0.3, -0.25) is 0 Å². The Kier molecular flexibility index (Phi) is 4.29. The summed E-state index contributed by atoms with van der Waals surface area (Å²) in [5, 5.41) is 5.35. The molecule has 1 atom stereocenters. The van der Waals surface area contributed by atoms with Crippen molar-refractivity contribution in [2.75, 3.05) is 49.2 Å². The van der Waals surface area contributed by atoms with Crippen LogP contribution in [0.1, 0.15) is 24.7 Å². The summed E-state index contributed by atoms with van der Waals surface area (Å²) in [4.78, 5) is 20.6. The van der Waals surface area contributed by atoms with Gasteiger partial charge in [-0.1, -0.05) is 0 Å². The summed E-state index contributed by atoms with van der Waals surface area (Å²) in [5.41, 5.74) is 1.49. The Labute approximate surface area is 181 Å². The fourth-order valence-corrected chi connectivity index (χ4v) is 4.84. The maximum absolute atomic E-state index is 12.7. The molecular formula is C20H21F3N8O. The summed E-state index contributed by atoms with van der Waals surface area (Å²) in [6.45, 7) is 4.44. The molecule has 12 heteroatoms. The second-order valence-corrected chi connectivity index (χ2v) is 8.84. The number of fused-ring (bicyclic) bond motifs is 1. The molecule has 9 nitrogen and oxygen atoms in total. The zero-order valence-corrected chi connectivity index (χ0v) is 17.2. The molecule has 0 bridgehead atoms. The van der Waals surface area contributed by atoms with Gasteiger partial charge in [0.2, 0.25) is 11.8 Å². The zero-order valence-electron chi connectivity index (χ0n) is 17.2. The lowest BCUT2D eigenvalue weighted by molar-refractivity contribution is -0.144. The van der Waals surface area contributed by atoms with Gasteiger partial charge in [0.25, 0.3) is 0 Å². The van der Waals surface area contributed by atoms with E-state index in [0.717, 1.165) is 50.1 Å². The highest BCUT2D eigenvalue weighted by molar-refractivity contribution is 5.74. The molecule has 3 aromatic rings. The maximum Gasteiger partial charge on any atom is 0.451 e. The minimum Gasteiger partial charge on any atom is -0.377 e. The summed E-state index contributed by atoms with van der Waals surface area (Å²) < 4.78 is 45.4. The van der Waals surface area contributed by atoms with Crippen molar-refractivity contribution in [3.05, 3.63) is 30.6 Å². The van der Waals surface area contributed by atoms with E-state index in [4.69, 9.17) is 9.72 Å². The zero-order chi connectivity index (χ0) is 21.9. The highest BCUT2D eigenvalue weighted by Crippen LogP contribution is 2.42. The first-order valence-corrected chi connectivity index (χ1v) is 10.6. The topological polar surface area (TPSA) is 85.1 Å². The molecule has 3 aliphatic rings. The lowest BCUT2D eigenvalue weighted by atomic mass is 9.86. The second-order valence-electron chi connectivity index (χ2n) is 8.84. The second kappa shape index (κ2) is 6.99. The molecule has 0 amide bonds. The Morgan fingerprint density at radius 3 is 2.34 bits per heavy atom. The summed E-state index contributed by atoms with van der Waals surface area (Å²) in [6.07, 6.45) is 3.52. The summed E-state index contributed by atoms with van der Waals surface area (Å²) in [5.74, 6) is -0.421. The average molecular weight is 446 g/mol. The minimum absolute atomic E-state index is 0.0447. The standard InChI is InChI=1S/C20H21F3N8O/c21-20(22,23)17-24-7-14(8-25-17)29-3-1-19(11-29)2-4-30(12-19)18-26-5-13-6-27-31(16(13)28-18)15-9-32-10-15/h5-8,15H,1-4,9-12H2. The van der Waals surface area contributed by atoms with Gasteiger partial charge in [-0.2, -0.15) is 23.3 Å². The van der Waals surface area contributed by atoms with Gasteiger partial charge in [-0.15, -0.1) is 0 Å². The van der Waals surface area contributed by atoms with E-state index in [2.05, 4.69) is 29.9 Å². The lowest BCUT2D eigenvalue weighted by Crippen LogP contribution is -2.32. The van der Waals surface area contributed by atoms with Crippen LogP contribution in [0.15, 0.2) is 24.8 Å². The van der Waals surface area contributed by atoms with Crippen LogP contribution in [-0.4, -0.2) is 69.1 Å². The molecule has 0 radical (unpaired) electrons. The lowest BCUT2D eigenvalue weighted by Gasteiger charge is -2.27. The third-order valence-corrected chi connectivity index (χ3v) is 6.70. The number of rotatable bonds is 3. The summed E-state index contributed by atoms with van der Waals surface area (Å²) in [6, 6.07) is 0.217. The number of anilines is 2. The molecule has 6 heterocycles. The number of aromatic nitrogens is 6. The fraction of sp³-hybridized carbons (Fsp3) is 0.550. The Balaban J connectivity index is 1.18. The molecular weight excluding hydrogens is 425 g/mol. The maximum atomic E-state index is 12.7. The summed E-state index contributed by atoms with van der Waals surface area (Å²) in [7, 11) is 0. The van der Waals surface area contributed by atoms with Gasteiger partial charge < -0.3 is 14.5 Å². The molecule has 3 aliphatic heterocycles. The predicted octanol–water partition coefficient (Wildman–Crippen LogP) is 2.31. The van der Waals surface area contributed by atoms with Crippen molar-refractivity contribution in [3.63, 3.8) is 0 Å². The molecule has 0 saturated carbocycles. The third-order valence-electron chi connectivity index (χ3n) is 6.70. The van der Waals surface area contributed by atoms with Gasteiger partial charge in [0.15, 0.2) is 5.65 Å². The number of hydrogen-bond acceptors (Lipinski definition) is 8. The molecule has 0 aliphatic carbocycles. The van der Waals surface area contributed by atoms with Crippen molar-refractivity contribution < 1.29 is 17.9 Å². The molecule has 0 aromatic carbocycles. The van der Waals surface area contributed by atoms with E-state index >= 15 is 0 Å². The van der Waals surface area contributed by atoms with Crippen molar-refractivity contribution in [1.29, 1.82) is 0 Å². The first-order chi connectivity index (χ1) is 15.4. The van der Waals surface area contributed by atoms with Crippen LogP contribution in [0.5, 0.6) is 0 Å². The van der Waals surface area contributed by atoms with E-state index in [1.807, 2.05) is 10.9 Å². The van der Waals surface area contributed by atoms with Crippen molar-refractivity contribution in [2.24, 2.45) is 5.41 Å². The Morgan fingerprint density at radius 2 is 1.66 bits per heavy atom. The highest BCUT2D eigenvalue weighted by atomic mass is 19.4. The Hall–Kier alpha value is -3.02. The molecule has 3 saturated heterocycles. The van der Waals surface area contributed by atoms with Crippen LogP contribution in [0.2, 0.25) is 0 Å². The van der Waals surface area contributed by atoms with Gasteiger partial charge in [-0.05, 0) is 12.8 Å². The molecule has 0 N–H and O–H groups in total. The normalized spacial score (nSPS) is 24.1. The largest absolute Gasteiger partial charge is 0.451 e. The molecule has 6 rings (SSSR count). The van der Waals surface area contributed by atoms with E-state index in [0.29, 0.717) is 24.8 Å². The molecule has 1 spiro atoms. The first kappa shape index (κ1) is 19.6. The van der Waals surface area contributed by atoms with Crippen molar-refractivity contribution >= 4 is 22.7 Å². The van der Waals surface area contributed by atoms with Crippen molar-refractivity contribution in [2.45, 2.75) is 25.1 Å². The van der Waals surface area contributed by atoms with Crippen LogP contribution >= 0.6 is 0 Å². The number of halogens is 3. The van der Waals surface area contributed by atoms with Gasteiger partial charge in [0.1, 0.15) is 6.04 Å². The van der Waals surface area contributed by atoms with Crippen LogP contribution in [0.25, 0.3) is 11.0 Å². The van der Waals surface area contributed by atoms with Crippen LogP contribution in [0.3, 0.4) is 0 Å². The molecule has 1 unspecified atom stereocenters. The SMILES string of the molecule is FC(F)(F)c1ncc(N2CCC3(CCN(c4ncc5cnn(C6COC6)c5n4)C3)C2)cn1. The minimum atomic E-state index is -4.53. The molecule has 168 valence electrons. The van der Waals surface area contributed by atoms with Crippen LogP contribution < -0.4 is 9.80 Å². The van der Waals surface area contributed by atoms with E-state index < -0.39 is 12.0 Å². The van der Waals surface area contributed by atoms with Gasteiger partial charge in [0, 0.05) is 37.8 Å². The monoisotopic (exact) mass is 446 g/mol. The van der Waals surface area contributed by atoms with Crippen molar-refractivity contribution in [3.8, 4) is 0 Å². The molecule has 3 aromatic heterocycles. The Bertz CT molecular complexity index is 1150. The van der Waals surface area contributed by atoms with Crippen molar-refractivity contribution in [1.82, 2.24) is 29.7 Å². The van der Waals surface area contributed by atoms with E-state index in [9.17, 15) is 13.2 Å². The quantitative estimate of drug-likeness (QED) is 0.606. The average Bonchev–Trinajstić information content (AvgIpc) is 3.46. The first-order valence-electron chi connectivity index (χ1n) is 10.6. The van der Waals surface area contributed by atoms with Crippen LogP contribution in [-0.2, 0) is 10.9 Å². The van der Waals surface area contributed by atoms with E-state index in [1.165, 1.54) is 12.4 Å². The van der Waals surface area contributed by atoms with E-state index in [-0.39, 0.29) is 11.5 Å². The van der Waals surface area contributed by atoms with Gasteiger partial charge in [0.05, 0.1) is 42.9 Å². The fourth-order valence-electron chi connectivity index (χ4n) is 4.84. The van der Waals surface area contributed by atoms with Crippen LogP contribution in [0, 0.1) is 5.41 Å². The number of ether oxygens (including phenoxy) is 1. The number of hydrogen-bond donors (Lipinski definition) is 0. The Morgan fingerprint density at radius 1 is 0.938 bits per heavy atom. The van der Waals surface area contributed by atoms with E-state index in [1.54, 1.807) is 6.20 Å². The number of alkyl halides is 3.